The van der Waals surface area contributed by atoms with Crippen LogP contribution in [0.1, 0.15) is 38.5 Å². The van der Waals surface area contributed by atoms with Crippen molar-refractivity contribution in [3.8, 4) is 0 Å². The first-order chi connectivity index (χ1) is 9.41. The molecule has 3 atom stereocenters. The number of likely N-dealkylation sites (tertiary alicyclic amines) is 1. The molecule has 0 aromatic carbocycles. The average molecular weight is 312 g/mol. The highest BCUT2D eigenvalue weighted by atomic mass is 35.5. The molecule has 0 aromatic heterocycles. The third-order valence-electron chi connectivity index (χ3n) is 4.54. The van der Waals surface area contributed by atoms with Crippen molar-refractivity contribution in [3.63, 3.8) is 0 Å². The minimum Gasteiger partial charge on any atom is -0.342 e. The van der Waals surface area contributed by atoms with Crippen molar-refractivity contribution in [1.82, 2.24) is 4.90 Å². The van der Waals surface area contributed by atoms with Gasteiger partial charge in [-0.2, -0.15) is 13.2 Å². The Labute approximate surface area is 122 Å². The zero-order valence-electron chi connectivity index (χ0n) is 11.5. The number of nitrogens with zero attached hydrogens (tertiary/aromatic N) is 1. The van der Waals surface area contributed by atoms with Gasteiger partial charge in [0.2, 0.25) is 5.91 Å². The second kappa shape index (κ2) is 6.54. The monoisotopic (exact) mass is 311 g/mol. The molecule has 20 heavy (non-hydrogen) atoms. The van der Waals surface area contributed by atoms with Crippen molar-refractivity contribution in [3.05, 3.63) is 0 Å². The summed E-state index contributed by atoms with van der Waals surface area (Å²) in [6.45, 7) is 1.27. The summed E-state index contributed by atoms with van der Waals surface area (Å²) in [6, 6.07) is 0. The Balaban J connectivity index is 1.94. The van der Waals surface area contributed by atoms with E-state index in [2.05, 4.69) is 0 Å². The predicted molar refractivity (Wildman–Crippen MR) is 71.5 cm³/mol. The predicted octanol–water partition coefficient (Wildman–Crippen LogP) is 3.83. The van der Waals surface area contributed by atoms with Gasteiger partial charge >= 0.3 is 6.18 Å². The number of carbonyl (C=O) groups excluding carboxylic acids is 1. The van der Waals surface area contributed by atoms with Crippen molar-refractivity contribution in [2.24, 2.45) is 17.8 Å². The van der Waals surface area contributed by atoms with Crippen molar-refractivity contribution >= 4 is 17.5 Å². The number of piperidine rings is 1. The Hall–Kier alpha value is -0.450. The molecule has 1 aliphatic carbocycles. The largest absolute Gasteiger partial charge is 0.391 e. The second-order valence-electron chi connectivity index (χ2n) is 6.05. The SMILES string of the molecule is O=C(C1CCCC(C(F)(F)F)C1)N1CCCC(CCl)C1. The van der Waals surface area contributed by atoms with Crippen LogP contribution in [0.15, 0.2) is 0 Å². The fraction of sp³-hybridized carbons (Fsp3) is 0.929. The van der Waals surface area contributed by atoms with Gasteiger partial charge in [-0.3, -0.25) is 4.79 Å². The van der Waals surface area contributed by atoms with Gasteiger partial charge in [0.1, 0.15) is 0 Å². The van der Waals surface area contributed by atoms with Crippen molar-refractivity contribution in [2.75, 3.05) is 19.0 Å². The molecule has 116 valence electrons. The summed E-state index contributed by atoms with van der Waals surface area (Å²) in [5, 5.41) is 0. The highest BCUT2D eigenvalue weighted by Crippen LogP contribution is 2.40. The molecule has 0 N–H and O–H groups in total. The van der Waals surface area contributed by atoms with Crippen LogP contribution in [0.25, 0.3) is 0 Å². The van der Waals surface area contributed by atoms with E-state index in [0.29, 0.717) is 31.8 Å². The van der Waals surface area contributed by atoms with E-state index < -0.39 is 18.0 Å². The smallest absolute Gasteiger partial charge is 0.342 e. The first kappa shape index (κ1) is 15.9. The average Bonchev–Trinajstić information content (AvgIpc) is 2.46. The Morgan fingerprint density at radius 3 is 2.60 bits per heavy atom. The number of hydrogen-bond donors (Lipinski definition) is 0. The maximum atomic E-state index is 12.8. The second-order valence-corrected chi connectivity index (χ2v) is 6.36. The molecule has 1 saturated heterocycles. The summed E-state index contributed by atoms with van der Waals surface area (Å²) in [6.07, 6.45) is -1.05. The molecule has 0 aromatic rings. The Kier molecular flexibility index (Phi) is 5.21. The van der Waals surface area contributed by atoms with E-state index in [4.69, 9.17) is 11.6 Å². The molecule has 1 amide bonds. The summed E-state index contributed by atoms with van der Waals surface area (Å²) in [5.41, 5.74) is 0. The molecular formula is C14H21ClF3NO. The van der Waals surface area contributed by atoms with E-state index in [1.54, 1.807) is 4.90 Å². The van der Waals surface area contributed by atoms with Crippen LogP contribution in [-0.2, 0) is 4.79 Å². The molecular weight excluding hydrogens is 291 g/mol. The summed E-state index contributed by atoms with van der Waals surface area (Å²) in [7, 11) is 0. The zero-order valence-corrected chi connectivity index (χ0v) is 12.2. The van der Waals surface area contributed by atoms with E-state index in [1.807, 2.05) is 0 Å². The lowest BCUT2D eigenvalue weighted by Gasteiger charge is -2.37. The number of halogens is 4. The molecule has 1 aliphatic heterocycles. The van der Waals surface area contributed by atoms with Crippen molar-refractivity contribution in [2.45, 2.75) is 44.7 Å². The lowest BCUT2D eigenvalue weighted by Crippen LogP contribution is -2.45. The van der Waals surface area contributed by atoms with Gasteiger partial charge in [0.15, 0.2) is 0 Å². The fourth-order valence-corrected chi connectivity index (χ4v) is 3.61. The first-order valence-corrected chi connectivity index (χ1v) is 7.86. The Bertz CT molecular complexity index is 348. The number of amides is 1. The highest BCUT2D eigenvalue weighted by molar-refractivity contribution is 6.18. The molecule has 2 rings (SSSR count). The summed E-state index contributed by atoms with van der Waals surface area (Å²) >= 11 is 5.83. The minimum absolute atomic E-state index is 0.0373. The Morgan fingerprint density at radius 1 is 1.20 bits per heavy atom. The molecule has 3 unspecified atom stereocenters. The van der Waals surface area contributed by atoms with Crippen LogP contribution in [0.2, 0.25) is 0 Å². The molecule has 2 aliphatic rings. The van der Waals surface area contributed by atoms with Gasteiger partial charge in [0, 0.05) is 24.9 Å². The topological polar surface area (TPSA) is 20.3 Å². The zero-order chi connectivity index (χ0) is 14.8. The molecule has 0 radical (unpaired) electrons. The van der Waals surface area contributed by atoms with Gasteiger partial charge in [-0.15, -0.1) is 11.6 Å². The summed E-state index contributed by atoms with van der Waals surface area (Å²) in [5.74, 6) is -1.05. The van der Waals surface area contributed by atoms with Crippen molar-refractivity contribution in [1.29, 1.82) is 0 Å². The van der Waals surface area contributed by atoms with E-state index in [-0.39, 0.29) is 24.7 Å². The van der Waals surface area contributed by atoms with E-state index in [1.165, 1.54) is 0 Å². The fourth-order valence-electron chi connectivity index (χ4n) is 3.36. The molecule has 0 spiro atoms. The lowest BCUT2D eigenvalue weighted by molar-refractivity contribution is -0.187. The van der Waals surface area contributed by atoms with Crippen LogP contribution in [-0.4, -0.2) is 36.0 Å². The molecule has 6 heteroatoms. The van der Waals surface area contributed by atoms with Gasteiger partial charge in [-0.1, -0.05) is 6.42 Å². The Morgan fingerprint density at radius 2 is 1.95 bits per heavy atom. The standard InChI is InChI=1S/C14H21ClF3NO/c15-8-10-3-2-6-19(9-10)13(20)11-4-1-5-12(7-11)14(16,17)18/h10-12H,1-9H2. The van der Waals surface area contributed by atoms with Gasteiger partial charge in [-0.05, 0) is 38.0 Å². The first-order valence-electron chi connectivity index (χ1n) is 7.33. The van der Waals surface area contributed by atoms with Crippen LogP contribution in [0.5, 0.6) is 0 Å². The van der Waals surface area contributed by atoms with Gasteiger partial charge in [-0.25, -0.2) is 0 Å². The molecule has 0 bridgehead atoms. The number of carbonyl (C=O) groups is 1. The molecule has 2 fully saturated rings. The van der Waals surface area contributed by atoms with Crippen molar-refractivity contribution < 1.29 is 18.0 Å². The van der Waals surface area contributed by atoms with Crippen LogP contribution >= 0.6 is 11.6 Å². The molecule has 1 heterocycles. The van der Waals surface area contributed by atoms with E-state index >= 15 is 0 Å². The normalized spacial score (nSPS) is 32.2. The van der Waals surface area contributed by atoms with Crippen LogP contribution in [0.3, 0.4) is 0 Å². The van der Waals surface area contributed by atoms with Crippen LogP contribution in [0, 0.1) is 17.8 Å². The molecule has 2 nitrogen and oxygen atoms in total. The van der Waals surface area contributed by atoms with Gasteiger partial charge in [0.05, 0.1) is 5.92 Å². The lowest BCUT2D eigenvalue weighted by atomic mass is 9.80. The van der Waals surface area contributed by atoms with Crippen LogP contribution < -0.4 is 0 Å². The highest BCUT2D eigenvalue weighted by Gasteiger charge is 2.44. The third kappa shape index (κ3) is 3.80. The van der Waals surface area contributed by atoms with E-state index in [9.17, 15) is 18.0 Å². The molecule has 1 saturated carbocycles. The third-order valence-corrected chi connectivity index (χ3v) is 4.97. The summed E-state index contributed by atoms with van der Waals surface area (Å²) in [4.78, 5) is 14.1. The quantitative estimate of drug-likeness (QED) is 0.710. The minimum atomic E-state index is -4.17. The number of rotatable bonds is 2. The van der Waals surface area contributed by atoms with Gasteiger partial charge in [0.25, 0.3) is 0 Å². The number of hydrogen-bond acceptors (Lipinski definition) is 1. The maximum Gasteiger partial charge on any atom is 0.391 e. The number of alkyl halides is 4. The van der Waals surface area contributed by atoms with Crippen LogP contribution in [0.4, 0.5) is 13.2 Å². The maximum absolute atomic E-state index is 12.8. The van der Waals surface area contributed by atoms with Gasteiger partial charge < -0.3 is 4.90 Å². The van der Waals surface area contributed by atoms with E-state index in [0.717, 1.165) is 12.8 Å². The summed E-state index contributed by atoms with van der Waals surface area (Å²) < 4.78 is 38.4.